The van der Waals surface area contributed by atoms with Crippen LogP contribution in [0.15, 0.2) is 5.38 Å². The minimum Gasteiger partial charge on any atom is -0.481 e. The molecule has 1 aromatic heterocycles. The molecule has 1 N–H and O–H groups in total. The van der Waals surface area contributed by atoms with Crippen LogP contribution in [0.4, 0.5) is 5.13 Å². The van der Waals surface area contributed by atoms with Gasteiger partial charge in [0, 0.05) is 31.6 Å². The van der Waals surface area contributed by atoms with Crippen LogP contribution in [0.1, 0.15) is 19.5 Å². The normalized spacial score (nSPS) is 18.0. The van der Waals surface area contributed by atoms with Crippen molar-refractivity contribution in [2.24, 2.45) is 0 Å². The topological polar surface area (TPSA) is 90.8 Å². The first kappa shape index (κ1) is 16.2. The van der Waals surface area contributed by atoms with Gasteiger partial charge >= 0.3 is 5.97 Å². The SMILES string of the molecule is CC(C)(C(=O)O)c1csc(N2CCN(S(C)(=O)=O)CC2)n1. The van der Waals surface area contributed by atoms with Gasteiger partial charge in [-0.25, -0.2) is 13.4 Å². The summed E-state index contributed by atoms with van der Waals surface area (Å²) >= 11 is 1.39. The third-order valence-corrected chi connectivity index (χ3v) is 5.85. The summed E-state index contributed by atoms with van der Waals surface area (Å²) < 4.78 is 24.4. The average molecular weight is 333 g/mol. The molecule has 0 bridgehead atoms. The van der Waals surface area contributed by atoms with E-state index in [9.17, 15) is 18.3 Å². The zero-order valence-electron chi connectivity index (χ0n) is 12.2. The fraction of sp³-hybridized carbons (Fsp3) is 0.667. The number of thiazole rings is 1. The second-order valence-electron chi connectivity index (χ2n) is 5.59. The van der Waals surface area contributed by atoms with Gasteiger partial charge in [-0.15, -0.1) is 11.3 Å². The Balaban J connectivity index is 2.09. The van der Waals surface area contributed by atoms with Crippen molar-refractivity contribution in [1.29, 1.82) is 0 Å². The highest BCUT2D eigenvalue weighted by molar-refractivity contribution is 7.88. The Bertz CT molecular complexity index is 631. The molecule has 0 atom stereocenters. The Kier molecular flexibility index (Phi) is 4.27. The molecule has 118 valence electrons. The van der Waals surface area contributed by atoms with Gasteiger partial charge in [0.05, 0.1) is 11.9 Å². The van der Waals surface area contributed by atoms with Crippen molar-refractivity contribution < 1.29 is 18.3 Å². The predicted octanol–water partition coefficient (Wildman–Crippen LogP) is 0.587. The van der Waals surface area contributed by atoms with Crippen LogP contribution in [-0.4, -0.2) is 61.2 Å². The molecule has 1 saturated heterocycles. The number of aromatic nitrogens is 1. The van der Waals surface area contributed by atoms with Crippen LogP contribution in [0.5, 0.6) is 0 Å². The quantitative estimate of drug-likeness (QED) is 0.867. The summed E-state index contributed by atoms with van der Waals surface area (Å²) in [5.74, 6) is -0.916. The molecule has 1 fully saturated rings. The van der Waals surface area contributed by atoms with Crippen LogP contribution in [0.3, 0.4) is 0 Å². The number of sulfonamides is 1. The number of aliphatic carboxylic acids is 1. The maximum absolute atomic E-state index is 11.5. The summed E-state index contributed by atoms with van der Waals surface area (Å²) in [6.45, 7) is 5.22. The van der Waals surface area contributed by atoms with Crippen molar-refractivity contribution in [1.82, 2.24) is 9.29 Å². The molecular formula is C12H19N3O4S2. The Morgan fingerprint density at radius 2 is 1.90 bits per heavy atom. The van der Waals surface area contributed by atoms with E-state index in [0.717, 1.165) is 5.13 Å². The number of hydrogen-bond donors (Lipinski definition) is 1. The smallest absolute Gasteiger partial charge is 0.315 e. The Morgan fingerprint density at radius 1 is 1.33 bits per heavy atom. The molecule has 0 saturated carbocycles. The lowest BCUT2D eigenvalue weighted by molar-refractivity contribution is -0.142. The van der Waals surface area contributed by atoms with E-state index in [2.05, 4.69) is 4.98 Å². The lowest BCUT2D eigenvalue weighted by Gasteiger charge is -2.33. The number of piperazine rings is 1. The first-order valence-electron chi connectivity index (χ1n) is 6.52. The van der Waals surface area contributed by atoms with Crippen molar-refractivity contribution in [2.75, 3.05) is 37.3 Å². The van der Waals surface area contributed by atoms with Gasteiger partial charge < -0.3 is 10.0 Å². The van der Waals surface area contributed by atoms with Crippen molar-refractivity contribution in [3.05, 3.63) is 11.1 Å². The van der Waals surface area contributed by atoms with E-state index in [-0.39, 0.29) is 0 Å². The van der Waals surface area contributed by atoms with Gasteiger partial charge in [-0.2, -0.15) is 4.31 Å². The highest BCUT2D eigenvalue weighted by Crippen LogP contribution is 2.29. The second kappa shape index (κ2) is 5.54. The molecule has 0 aromatic carbocycles. The molecule has 9 heteroatoms. The number of carboxylic acids is 1. The third kappa shape index (κ3) is 3.35. The molecule has 0 spiro atoms. The zero-order valence-corrected chi connectivity index (χ0v) is 13.9. The van der Waals surface area contributed by atoms with Crippen molar-refractivity contribution in [3.8, 4) is 0 Å². The molecule has 7 nitrogen and oxygen atoms in total. The highest BCUT2D eigenvalue weighted by atomic mass is 32.2. The second-order valence-corrected chi connectivity index (χ2v) is 8.41. The van der Waals surface area contributed by atoms with Crippen molar-refractivity contribution >= 4 is 32.5 Å². The Hall–Kier alpha value is -1.19. The number of carbonyl (C=O) groups is 1. The average Bonchev–Trinajstić information content (AvgIpc) is 2.88. The lowest BCUT2D eigenvalue weighted by Crippen LogP contribution is -2.48. The fourth-order valence-electron chi connectivity index (χ4n) is 2.02. The molecule has 0 radical (unpaired) electrons. The van der Waals surface area contributed by atoms with E-state index in [1.54, 1.807) is 19.2 Å². The number of rotatable bonds is 4. The van der Waals surface area contributed by atoms with Crippen molar-refractivity contribution in [2.45, 2.75) is 19.3 Å². The van der Waals surface area contributed by atoms with E-state index in [4.69, 9.17) is 0 Å². The monoisotopic (exact) mass is 333 g/mol. The van der Waals surface area contributed by atoms with E-state index < -0.39 is 21.4 Å². The Morgan fingerprint density at radius 3 is 2.38 bits per heavy atom. The summed E-state index contributed by atoms with van der Waals surface area (Å²) in [6.07, 6.45) is 1.21. The highest BCUT2D eigenvalue weighted by Gasteiger charge is 2.33. The molecule has 1 aliphatic heterocycles. The zero-order chi connectivity index (χ0) is 15.8. The minimum atomic E-state index is -3.15. The predicted molar refractivity (Wildman–Crippen MR) is 81.4 cm³/mol. The molecule has 0 unspecified atom stereocenters. The number of hydrogen-bond acceptors (Lipinski definition) is 6. The molecule has 1 aromatic rings. The van der Waals surface area contributed by atoms with Crippen LogP contribution >= 0.6 is 11.3 Å². The number of carboxylic acid groups (broad SMARTS) is 1. The number of nitrogens with zero attached hydrogens (tertiary/aromatic N) is 3. The molecule has 1 aliphatic rings. The number of anilines is 1. The third-order valence-electron chi connectivity index (χ3n) is 3.65. The first-order valence-corrected chi connectivity index (χ1v) is 9.24. The van der Waals surface area contributed by atoms with Gasteiger partial charge in [0.15, 0.2) is 5.13 Å². The van der Waals surface area contributed by atoms with Crippen LogP contribution in [-0.2, 0) is 20.2 Å². The summed E-state index contributed by atoms with van der Waals surface area (Å²) in [5.41, 5.74) is -0.496. The van der Waals surface area contributed by atoms with Crippen LogP contribution < -0.4 is 4.90 Å². The first-order chi connectivity index (χ1) is 9.62. The molecule has 21 heavy (non-hydrogen) atoms. The van der Waals surface area contributed by atoms with Gasteiger partial charge in [-0.1, -0.05) is 0 Å². The summed E-state index contributed by atoms with van der Waals surface area (Å²) in [5, 5.41) is 11.7. The van der Waals surface area contributed by atoms with Gasteiger partial charge in [0.25, 0.3) is 0 Å². The molecular weight excluding hydrogens is 314 g/mol. The van der Waals surface area contributed by atoms with Gasteiger partial charge in [-0.3, -0.25) is 4.79 Å². The Labute approximate surface area is 128 Å². The molecule has 2 rings (SSSR count). The van der Waals surface area contributed by atoms with Gasteiger partial charge in [-0.05, 0) is 13.8 Å². The van der Waals surface area contributed by atoms with E-state index in [1.807, 2.05) is 4.90 Å². The van der Waals surface area contributed by atoms with Crippen LogP contribution in [0.2, 0.25) is 0 Å². The summed E-state index contributed by atoms with van der Waals surface area (Å²) in [4.78, 5) is 17.6. The summed E-state index contributed by atoms with van der Waals surface area (Å²) in [6, 6.07) is 0. The van der Waals surface area contributed by atoms with Crippen molar-refractivity contribution in [3.63, 3.8) is 0 Å². The lowest BCUT2D eigenvalue weighted by atomic mass is 9.90. The molecule has 2 heterocycles. The summed E-state index contributed by atoms with van der Waals surface area (Å²) in [7, 11) is -3.15. The molecule has 0 amide bonds. The maximum Gasteiger partial charge on any atom is 0.315 e. The van der Waals surface area contributed by atoms with E-state index in [1.165, 1.54) is 21.9 Å². The minimum absolute atomic E-state index is 0.427. The van der Waals surface area contributed by atoms with E-state index >= 15 is 0 Å². The standard InChI is InChI=1S/C12H19N3O4S2/c1-12(2,10(16)17)9-8-20-11(13-9)14-4-6-15(7-5-14)21(3,18)19/h8H,4-7H2,1-3H3,(H,16,17). The van der Waals surface area contributed by atoms with Crippen LogP contribution in [0.25, 0.3) is 0 Å². The fourth-order valence-corrected chi connectivity index (χ4v) is 3.89. The maximum atomic E-state index is 11.5. The van der Waals surface area contributed by atoms with Gasteiger partial charge in [0.2, 0.25) is 10.0 Å². The van der Waals surface area contributed by atoms with E-state index in [0.29, 0.717) is 31.9 Å². The molecule has 0 aliphatic carbocycles. The van der Waals surface area contributed by atoms with Crippen LogP contribution in [0, 0.1) is 0 Å². The van der Waals surface area contributed by atoms with Gasteiger partial charge in [0.1, 0.15) is 5.41 Å². The largest absolute Gasteiger partial charge is 0.481 e.